The predicted octanol–water partition coefficient (Wildman–Crippen LogP) is 0.0876. The van der Waals surface area contributed by atoms with Crippen LogP contribution in [0.25, 0.3) is 0 Å². The van der Waals surface area contributed by atoms with E-state index in [0.717, 1.165) is 5.56 Å². The number of benzene rings is 1. The second-order valence-electron chi connectivity index (χ2n) is 6.77. The molecule has 0 aromatic heterocycles. The number of aromatic hydroxyl groups is 1. The Morgan fingerprint density at radius 2 is 2.07 bits per heavy atom. The van der Waals surface area contributed by atoms with Crippen LogP contribution < -0.4 is 11.1 Å². The highest BCUT2D eigenvalue weighted by molar-refractivity contribution is 5.97. The van der Waals surface area contributed by atoms with E-state index in [0.29, 0.717) is 19.4 Å². The molecule has 0 radical (unpaired) electrons. The van der Waals surface area contributed by atoms with Crippen LogP contribution in [0.1, 0.15) is 35.2 Å². The third-order valence-corrected chi connectivity index (χ3v) is 4.55. The smallest absolute Gasteiger partial charge is 0.308 e. The van der Waals surface area contributed by atoms with E-state index >= 15 is 0 Å². The number of hydrogen-bond donors (Lipinski definition) is 3. The molecule has 4 N–H and O–H groups in total. The van der Waals surface area contributed by atoms with E-state index < -0.39 is 24.4 Å². The summed E-state index contributed by atoms with van der Waals surface area (Å²) in [7, 11) is 0. The molecule has 9 heteroatoms. The second kappa shape index (κ2) is 9.72. The number of ether oxygens (including phenoxy) is 1. The van der Waals surface area contributed by atoms with E-state index in [2.05, 4.69) is 5.32 Å². The van der Waals surface area contributed by atoms with Crippen LogP contribution in [0.3, 0.4) is 0 Å². The molecule has 1 atom stereocenters. The molecule has 3 amide bonds. The van der Waals surface area contributed by atoms with Gasteiger partial charge < -0.3 is 25.8 Å². The maximum atomic E-state index is 12.1. The number of hydrogen-bond acceptors (Lipinski definition) is 6. The van der Waals surface area contributed by atoms with Crippen LogP contribution in [0, 0.1) is 12.8 Å². The number of piperidine rings is 1. The number of carbonyl (C=O) groups excluding carboxylic acids is 4. The van der Waals surface area contributed by atoms with Crippen molar-refractivity contribution in [1.82, 2.24) is 10.2 Å². The third kappa shape index (κ3) is 5.97. The number of nitrogens with one attached hydrogen (secondary N) is 1. The van der Waals surface area contributed by atoms with Gasteiger partial charge in [0.1, 0.15) is 5.75 Å². The molecular weight excluding hydrogens is 366 g/mol. The first-order chi connectivity index (χ1) is 13.3. The zero-order chi connectivity index (χ0) is 20.7. The fourth-order valence-corrected chi connectivity index (χ4v) is 2.95. The van der Waals surface area contributed by atoms with Gasteiger partial charge in [-0.05, 0) is 37.5 Å². The molecule has 1 heterocycles. The number of aryl methyl sites for hydroxylation is 1. The van der Waals surface area contributed by atoms with Gasteiger partial charge in [-0.25, -0.2) is 0 Å². The number of phenols is 1. The summed E-state index contributed by atoms with van der Waals surface area (Å²) in [5, 5.41) is 12.3. The van der Waals surface area contributed by atoms with E-state index in [1.54, 1.807) is 13.0 Å². The summed E-state index contributed by atoms with van der Waals surface area (Å²) in [5.41, 5.74) is 6.21. The topological polar surface area (TPSA) is 139 Å². The second-order valence-corrected chi connectivity index (χ2v) is 6.77. The minimum Gasteiger partial charge on any atom is -0.507 e. The predicted molar refractivity (Wildman–Crippen MR) is 99.3 cm³/mol. The number of amides is 3. The van der Waals surface area contributed by atoms with Gasteiger partial charge in [0.15, 0.2) is 6.61 Å². The summed E-state index contributed by atoms with van der Waals surface area (Å²) in [6, 6.07) is 4.66. The summed E-state index contributed by atoms with van der Waals surface area (Å²) < 4.78 is 4.93. The molecule has 0 bridgehead atoms. The van der Waals surface area contributed by atoms with E-state index in [-0.39, 0.29) is 42.6 Å². The fraction of sp³-hybridized carbons (Fsp3) is 0.474. The maximum Gasteiger partial charge on any atom is 0.308 e. The number of esters is 1. The first-order valence-corrected chi connectivity index (χ1v) is 9.08. The van der Waals surface area contributed by atoms with Gasteiger partial charge in [-0.15, -0.1) is 0 Å². The Kier molecular flexibility index (Phi) is 7.36. The van der Waals surface area contributed by atoms with E-state index in [1.807, 2.05) is 0 Å². The van der Waals surface area contributed by atoms with Gasteiger partial charge >= 0.3 is 5.97 Å². The van der Waals surface area contributed by atoms with E-state index in [1.165, 1.54) is 17.0 Å². The summed E-state index contributed by atoms with van der Waals surface area (Å²) in [4.78, 5) is 48.6. The first-order valence-electron chi connectivity index (χ1n) is 9.08. The van der Waals surface area contributed by atoms with Crippen LogP contribution in [0.5, 0.6) is 5.75 Å². The quantitative estimate of drug-likeness (QED) is 0.563. The van der Waals surface area contributed by atoms with Gasteiger partial charge in [0.2, 0.25) is 5.91 Å². The van der Waals surface area contributed by atoms with Gasteiger partial charge in [-0.3, -0.25) is 19.2 Å². The lowest BCUT2D eigenvalue weighted by molar-refractivity contribution is -0.153. The largest absolute Gasteiger partial charge is 0.507 e. The zero-order valence-electron chi connectivity index (χ0n) is 15.8. The lowest BCUT2D eigenvalue weighted by Crippen LogP contribution is -2.45. The van der Waals surface area contributed by atoms with Crippen LogP contribution in [0.2, 0.25) is 0 Å². The first kappa shape index (κ1) is 21.2. The average molecular weight is 391 g/mol. The molecule has 9 nitrogen and oxygen atoms in total. The third-order valence-electron chi connectivity index (χ3n) is 4.55. The number of phenolic OH excluding ortho intramolecular Hbond substituents is 1. The minimum atomic E-state index is -0.634. The SMILES string of the molecule is Cc1ccc(C(=O)NCCC(=O)OCC(=O)N2CCC[C@@H](C(N)=O)C2)c(O)c1. The van der Waals surface area contributed by atoms with Crippen molar-refractivity contribution in [2.75, 3.05) is 26.2 Å². The van der Waals surface area contributed by atoms with E-state index in [9.17, 15) is 24.3 Å². The van der Waals surface area contributed by atoms with Gasteiger partial charge in [0.25, 0.3) is 11.8 Å². The van der Waals surface area contributed by atoms with Gasteiger partial charge in [-0.1, -0.05) is 6.07 Å². The molecule has 152 valence electrons. The molecule has 0 unspecified atom stereocenters. The number of primary amides is 1. The molecular formula is C19H25N3O6. The lowest BCUT2D eigenvalue weighted by atomic mass is 9.97. The monoisotopic (exact) mass is 391 g/mol. The van der Waals surface area contributed by atoms with Gasteiger partial charge in [-0.2, -0.15) is 0 Å². The van der Waals surface area contributed by atoms with Crippen molar-refractivity contribution >= 4 is 23.7 Å². The highest BCUT2D eigenvalue weighted by atomic mass is 16.5. The van der Waals surface area contributed by atoms with Gasteiger partial charge in [0.05, 0.1) is 17.9 Å². The number of nitrogens with zero attached hydrogens (tertiary/aromatic N) is 1. The molecule has 1 aliphatic heterocycles. The van der Waals surface area contributed by atoms with E-state index in [4.69, 9.17) is 10.5 Å². The molecule has 2 rings (SSSR count). The highest BCUT2D eigenvalue weighted by Crippen LogP contribution is 2.18. The fourth-order valence-electron chi connectivity index (χ4n) is 2.95. The average Bonchev–Trinajstić information content (AvgIpc) is 2.66. The minimum absolute atomic E-state index is 0.00658. The van der Waals surface area contributed by atoms with Crippen LogP contribution in [-0.2, 0) is 19.1 Å². The van der Waals surface area contributed by atoms with Crippen molar-refractivity contribution < 1.29 is 29.0 Å². The van der Waals surface area contributed by atoms with Crippen molar-refractivity contribution in [3.63, 3.8) is 0 Å². The Labute approximate surface area is 162 Å². The van der Waals surface area contributed by atoms with Crippen molar-refractivity contribution in [3.8, 4) is 5.75 Å². The number of nitrogens with two attached hydrogens (primary N) is 1. The van der Waals surface area contributed by atoms with Crippen LogP contribution >= 0.6 is 0 Å². The molecule has 1 fully saturated rings. The standard InChI is InChI=1S/C19H25N3O6/c1-12-4-5-14(15(23)9-12)19(27)21-7-6-17(25)28-11-16(24)22-8-2-3-13(10-22)18(20)26/h4-5,9,13,23H,2-3,6-8,10-11H2,1H3,(H2,20,26)(H,21,27)/t13-/m1/s1. The molecule has 1 aromatic rings. The van der Waals surface area contributed by atoms with Crippen LogP contribution in [0.15, 0.2) is 18.2 Å². The summed E-state index contributed by atoms with van der Waals surface area (Å²) >= 11 is 0. The normalized spacial score (nSPS) is 16.3. The highest BCUT2D eigenvalue weighted by Gasteiger charge is 2.27. The van der Waals surface area contributed by atoms with Crippen molar-refractivity contribution in [2.45, 2.75) is 26.2 Å². The maximum absolute atomic E-state index is 12.1. The van der Waals surface area contributed by atoms with Crippen LogP contribution in [-0.4, -0.2) is 59.9 Å². The number of carbonyl (C=O) groups is 4. The Balaban J connectivity index is 1.70. The summed E-state index contributed by atoms with van der Waals surface area (Å²) in [6.07, 6.45) is 1.20. The Morgan fingerprint density at radius 1 is 1.32 bits per heavy atom. The molecule has 1 saturated heterocycles. The lowest BCUT2D eigenvalue weighted by Gasteiger charge is -2.31. The summed E-state index contributed by atoms with van der Waals surface area (Å²) in [5.74, 6) is -2.47. The molecule has 1 aromatic carbocycles. The Morgan fingerprint density at radius 3 is 2.75 bits per heavy atom. The molecule has 28 heavy (non-hydrogen) atoms. The Hall–Kier alpha value is -3.10. The number of rotatable bonds is 7. The summed E-state index contributed by atoms with van der Waals surface area (Å²) in [6.45, 7) is 2.11. The molecule has 0 saturated carbocycles. The van der Waals surface area contributed by atoms with Crippen molar-refractivity contribution in [2.24, 2.45) is 11.7 Å². The van der Waals surface area contributed by atoms with Crippen molar-refractivity contribution in [1.29, 1.82) is 0 Å². The molecule has 0 aliphatic carbocycles. The van der Waals surface area contributed by atoms with Crippen molar-refractivity contribution in [3.05, 3.63) is 29.3 Å². The molecule has 1 aliphatic rings. The number of likely N-dealkylation sites (tertiary alicyclic amines) is 1. The van der Waals surface area contributed by atoms with Gasteiger partial charge in [0, 0.05) is 19.6 Å². The Bertz CT molecular complexity index is 764. The molecule has 0 spiro atoms. The zero-order valence-corrected chi connectivity index (χ0v) is 15.8. The van der Waals surface area contributed by atoms with Crippen LogP contribution in [0.4, 0.5) is 0 Å².